The van der Waals surface area contributed by atoms with Gasteiger partial charge in [-0.25, -0.2) is 9.78 Å². The Balaban J connectivity index is 1.93. The summed E-state index contributed by atoms with van der Waals surface area (Å²) < 4.78 is 1.67. The Morgan fingerprint density at radius 2 is 2.14 bits per heavy atom. The second-order valence-electron chi connectivity index (χ2n) is 5.10. The number of thiophene rings is 1. The predicted octanol–water partition coefficient (Wildman–Crippen LogP) is 2.31. The normalized spacial score (nSPS) is 13.8. The number of carboxylic acid groups (broad SMARTS) is 1. The topological polar surface area (TPSA) is 84.2 Å². The highest BCUT2D eigenvalue weighted by molar-refractivity contribution is 7.17. The number of rotatable bonds is 3. The van der Waals surface area contributed by atoms with Crippen LogP contribution in [0.15, 0.2) is 12.5 Å². The van der Waals surface area contributed by atoms with E-state index in [4.69, 9.17) is 0 Å². The molecule has 2 N–H and O–H groups in total. The lowest BCUT2D eigenvalue weighted by Crippen LogP contribution is -2.14. The minimum absolute atomic E-state index is 0.249. The van der Waals surface area contributed by atoms with Crippen LogP contribution in [-0.2, 0) is 19.9 Å². The molecule has 1 aliphatic carbocycles. The lowest BCUT2D eigenvalue weighted by Gasteiger charge is -2.10. The Labute approximate surface area is 125 Å². The molecule has 0 aliphatic heterocycles. The number of amides is 1. The monoisotopic (exact) mass is 305 g/mol. The first-order valence-electron chi connectivity index (χ1n) is 6.73. The molecule has 6 nitrogen and oxygen atoms in total. The van der Waals surface area contributed by atoms with Gasteiger partial charge in [-0.05, 0) is 31.2 Å². The van der Waals surface area contributed by atoms with Gasteiger partial charge >= 0.3 is 5.97 Å². The molecule has 110 valence electrons. The maximum absolute atomic E-state index is 12.1. The molecule has 0 aromatic carbocycles. The maximum atomic E-state index is 12.1. The molecule has 3 rings (SSSR count). The van der Waals surface area contributed by atoms with E-state index in [2.05, 4.69) is 10.3 Å². The summed E-state index contributed by atoms with van der Waals surface area (Å²) >= 11 is 1.37. The summed E-state index contributed by atoms with van der Waals surface area (Å²) in [5, 5.41) is 12.6. The minimum atomic E-state index is -0.981. The zero-order chi connectivity index (χ0) is 15.0. The molecule has 0 saturated carbocycles. The van der Waals surface area contributed by atoms with Gasteiger partial charge in [0.2, 0.25) is 0 Å². The average Bonchev–Trinajstić information content (AvgIpc) is 3.01. The van der Waals surface area contributed by atoms with Crippen molar-refractivity contribution < 1.29 is 14.7 Å². The molecule has 0 unspecified atom stereocenters. The van der Waals surface area contributed by atoms with E-state index >= 15 is 0 Å². The molecule has 1 amide bonds. The van der Waals surface area contributed by atoms with Crippen LogP contribution in [0.2, 0.25) is 0 Å². The van der Waals surface area contributed by atoms with Crippen molar-refractivity contribution in [3.05, 3.63) is 34.2 Å². The number of aromatic carboxylic acids is 1. The summed E-state index contributed by atoms with van der Waals surface area (Å²) in [7, 11) is 1.77. The second-order valence-corrected chi connectivity index (χ2v) is 6.20. The van der Waals surface area contributed by atoms with Gasteiger partial charge in [-0.15, -0.1) is 11.3 Å². The lowest BCUT2D eigenvalue weighted by atomic mass is 9.95. The van der Waals surface area contributed by atoms with Crippen LogP contribution in [0, 0.1) is 0 Å². The Bertz CT molecular complexity index is 717. The van der Waals surface area contributed by atoms with E-state index in [0.717, 1.165) is 36.1 Å². The third-order valence-corrected chi connectivity index (χ3v) is 4.76. The second kappa shape index (κ2) is 5.33. The fourth-order valence-electron chi connectivity index (χ4n) is 2.58. The first kappa shape index (κ1) is 13.8. The van der Waals surface area contributed by atoms with Crippen LogP contribution in [-0.4, -0.2) is 26.5 Å². The number of nitrogens with zero attached hydrogens (tertiary/aromatic N) is 2. The van der Waals surface area contributed by atoms with Crippen molar-refractivity contribution in [1.82, 2.24) is 9.55 Å². The van der Waals surface area contributed by atoms with Gasteiger partial charge in [0.15, 0.2) is 0 Å². The van der Waals surface area contributed by atoms with Gasteiger partial charge in [-0.1, -0.05) is 0 Å². The fraction of sp³-hybridized carbons (Fsp3) is 0.357. The molecule has 1 aliphatic rings. The Kier molecular flexibility index (Phi) is 3.50. The molecule has 7 heteroatoms. The molecular weight excluding hydrogens is 290 g/mol. The Hall–Kier alpha value is -2.15. The van der Waals surface area contributed by atoms with Crippen molar-refractivity contribution in [2.45, 2.75) is 25.7 Å². The maximum Gasteiger partial charge on any atom is 0.339 e. The molecule has 2 aromatic heterocycles. The number of hydrogen-bond donors (Lipinski definition) is 2. The van der Waals surface area contributed by atoms with Crippen LogP contribution in [0.4, 0.5) is 5.00 Å². The standard InChI is InChI=1S/C14H15N3O3S/c1-17-6-9(15-7-17)12(18)16-13-11(14(19)20)8-4-2-3-5-10(8)21-13/h6-7H,2-5H2,1H3,(H,16,18)(H,19,20). The summed E-state index contributed by atoms with van der Waals surface area (Å²) in [6.45, 7) is 0. The molecule has 0 bridgehead atoms. The molecule has 2 heterocycles. The molecule has 0 fully saturated rings. The van der Waals surface area contributed by atoms with Crippen LogP contribution in [0.1, 0.15) is 44.1 Å². The van der Waals surface area contributed by atoms with Gasteiger partial charge in [0, 0.05) is 18.1 Å². The van der Waals surface area contributed by atoms with Crippen molar-refractivity contribution in [1.29, 1.82) is 0 Å². The zero-order valence-electron chi connectivity index (χ0n) is 11.5. The largest absolute Gasteiger partial charge is 0.478 e. The number of carbonyl (C=O) groups excluding carboxylic acids is 1. The smallest absolute Gasteiger partial charge is 0.339 e. The highest BCUT2D eigenvalue weighted by Gasteiger charge is 2.26. The summed E-state index contributed by atoms with van der Waals surface area (Å²) in [6, 6.07) is 0. The van der Waals surface area contributed by atoms with E-state index in [-0.39, 0.29) is 17.2 Å². The summed E-state index contributed by atoms with van der Waals surface area (Å²) in [4.78, 5) is 28.7. The van der Waals surface area contributed by atoms with Crippen molar-refractivity contribution in [2.24, 2.45) is 7.05 Å². The van der Waals surface area contributed by atoms with Gasteiger partial charge < -0.3 is 15.0 Å². The SMILES string of the molecule is Cn1cnc(C(=O)Nc2sc3c(c2C(=O)O)CCCC3)c1. The van der Waals surface area contributed by atoms with Gasteiger partial charge in [-0.2, -0.15) is 0 Å². The van der Waals surface area contributed by atoms with E-state index in [0.29, 0.717) is 5.00 Å². The quantitative estimate of drug-likeness (QED) is 0.911. The molecule has 0 saturated heterocycles. The van der Waals surface area contributed by atoms with Gasteiger partial charge in [0.25, 0.3) is 5.91 Å². The molecule has 2 aromatic rings. The van der Waals surface area contributed by atoms with Gasteiger partial charge in [0.1, 0.15) is 10.7 Å². The van der Waals surface area contributed by atoms with Crippen molar-refractivity contribution in [3.63, 3.8) is 0 Å². The van der Waals surface area contributed by atoms with Gasteiger partial charge in [0.05, 0.1) is 11.9 Å². The Morgan fingerprint density at radius 3 is 2.81 bits per heavy atom. The number of aromatic nitrogens is 2. The minimum Gasteiger partial charge on any atom is -0.478 e. The number of fused-ring (bicyclic) bond motifs is 1. The number of anilines is 1. The van der Waals surface area contributed by atoms with Crippen molar-refractivity contribution in [2.75, 3.05) is 5.32 Å². The van der Waals surface area contributed by atoms with E-state index in [9.17, 15) is 14.7 Å². The third kappa shape index (κ3) is 2.56. The number of hydrogen-bond acceptors (Lipinski definition) is 4. The molecule has 0 atom stereocenters. The van der Waals surface area contributed by atoms with Crippen LogP contribution in [0.3, 0.4) is 0 Å². The van der Waals surface area contributed by atoms with Crippen LogP contribution >= 0.6 is 11.3 Å². The highest BCUT2D eigenvalue weighted by Crippen LogP contribution is 2.38. The number of nitrogens with one attached hydrogen (secondary N) is 1. The fourth-order valence-corrected chi connectivity index (χ4v) is 3.85. The molecule has 21 heavy (non-hydrogen) atoms. The first-order chi connectivity index (χ1) is 10.1. The lowest BCUT2D eigenvalue weighted by molar-refractivity contribution is 0.0697. The van der Waals surface area contributed by atoms with Crippen molar-refractivity contribution in [3.8, 4) is 0 Å². The summed E-state index contributed by atoms with van der Waals surface area (Å²) in [6.07, 6.45) is 6.86. The van der Waals surface area contributed by atoms with Crippen LogP contribution in [0.5, 0.6) is 0 Å². The summed E-state index contributed by atoms with van der Waals surface area (Å²) in [5.74, 6) is -1.36. The van der Waals surface area contributed by atoms with Crippen molar-refractivity contribution >= 4 is 28.2 Å². The molecule has 0 spiro atoms. The zero-order valence-corrected chi connectivity index (χ0v) is 12.4. The average molecular weight is 305 g/mol. The molecular formula is C14H15N3O3S. The number of aryl methyl sites for hydroxylation is 2. The van der Waals surface area contributed by atoms with E-state index < -0.39 is 5.97 Å². The predicted molar refractivity (Wildman–Crippen MR) is 79.1 cm³/mol. The summed E-state index contributed by atoms with van der Waals surface area (Å²) in [5.41, 5.74) is 1.41. The first-order valence-corrected chi connectivity index (χ1v) is 7.55. The van der Waals surface area contributed by atoms with Crippen LogP contribution in [0.25, 0.3) is 0 Å². The van der Waals surface area contributed by atoms with E-state index in [1.165, 1.54) is 17.7 Å². The van der Waals surface area contributed by atoms with E-state index in [1.807, 2.05) is 0 Å². The number of carboxylic acids is 1. The highest BCUT2D eigenvalue weighted by atomic mass is 32.1. The van der Waals surface area contributed by atoms with E-state index in [1.54, 1.807) is 17.8 Å². The van der Waals surface area contributed by atoms with Gasteiger partial charge in [-0.3, -0.25) is 4.79 Å². The molecule has 0 radical (unpaired) electrons. The Morgan fingerprint density at radius 1 is 1.38 bits per heavy atom. The number of imidazole rings is 1. The number of carbonyl (C=O) groups is 2. The van der Waals surface area contributed by atoms with Crippen LogP contribution < -0.4 is 5.32 Å². The third-order valence-electron chi connectivity index (χ3n) is 3.55.